The van der Waals surface area contributed by atoms with Gasteiger partial charge in [-0.15, -0.1) is 0 Å². The van der Waals surface area contributed by atoms with Crippen molar-refractivity contribution in [2.75, 3.05) is 12.1 Å². The SMILES string of the molecule is Cc1nn(CC2CC2)c(=O)n1N(C)c1ncc(C(F)(F)F)cc1Cl. The molecule has 0 saturated heterocycles. The number of rotatable bonds is 4. The van der Waals surface area contributed by atoms with E-state index in [0.29, 0.717) is 24.5 Å². The van der Waals surface area contributed by atoms with Crippen molar-refractivity contribution in [1.82, 2.24) is 19.4 Å². The van der Waals surface area contributed by atoms with Gasteiger partial charge in [0.25, 0.3) is 0 Å². The first kappa shape index (κ1) is 16.8. The molecule has 10 heteroatoms. The minimum absolute atomic E-state index is 0.0424. The maximum absolute atomic E-state index is 12.7. The maximum atomic E-state index is 12.7. The van der Waals surface area contributed by atoms with E-state index in [0.717, 1.165) is 18.9 Å². The Balaban J connectivity index is 1.96. The largest absolute Gasteiger partial charge is 0.417 e. The molecule has 0 aliphatic heterocycles. The highest BCUT2D eigenvalue weighted by atomic mass is 35.5. The quantitative estimate of drug-likeness (QED) is 0.840. The number of hydrogen-bond acceptors (Lipinski definition) is 4. The van der Waals surface area contributed by atoms with E-state index >= 15 is 0 Å². The molecular formula is C14H15ClF3N5O. The molecule has 2 aromatic rings. The molecule has 0 unspecified atom stereocenters. The smallest absolute Gasteiger partial charge is 0.260 e. The number of pyridine rings is 1. The maximum Gasteiger partial charge on any atom is 0.417 e. The number of aryl methyl sites for hydroxylation is 1. The number of anilines is 1. The third-order valence-electron chi connectivity index (χ3n) is 3.86. The zero-order valence-corrected chi connectivity index (χ0v) is 13.8. The van der Waals surface area contributed by atoms with Crippen molar-refractivity contribution in [3.63, 3.8) is 0 Å². The lowest BCUT2D eigenvalue weighted by Crippen LogP contribution is -2.38. The molecule has 0 N–H and O–H groups in total. The summed E-state index contributed by atoms with van der Waals surface area (Å²) >= 11 is 5.94. The van der Waals surface area contributed by atoms with Crippen LogP contribution in [-0.2, 0) is 12.7 Å². The summed E-state index contributed by atoms with van der Waals surface area (Å²) in [4.78, 5) is 16.2. The summed E-state index contributed by atoms with van der Waals surface area (Å²) in [7, 11) is 1.50. The second-order valence-electron chi connectivity index (χ2n) is 5.82. The van der Waals surface area contributed by atoms with Gasteiger partial charge in [0.15, 0.2) is 11.6 Å². The first-order chi connectivity index (χ1) is 11.2. The van der Waals surface area contributed by atoms with Gasteiger partial charge in [0.2, 0.25) is 0 Å². The first-order valence-electron chi connectivity index (χ1n) is 7.31. The second kappa shape index (κ2) is 5.80. The van der Waals surface area contributed by atoms with Gasteiger partial charge in [0.05, 0.1) is 10.6 Å². The second-order valence-corrected chi connectivity index (χ2v) is 6.23. The Bertz CT molecular complexity index is 825. The lowest BCUT2D eigenvalue weighted by atomic mass is 10.3. The molecule has 3 rings (SSSR count). The van der Waals surface area contributed by atoms with Gasteiger partial charge in [-0.3, -0.25) is 5.01 Å². The molecule has 2 aromatic heterocycles. The van der Waals surface area contributed by atoms with Crippen LogP contribution in [0.4, 0.5) is 19.0 Å². The molecule has 1 aliphatic rings. The van der Waals surface area contributed by atoms with Crippen LogP contribution >= 0.6 is 11.6 Å². The van der Waals surface area contributed by atoms with E-state index in [4.69, 9.17) is 11.6 Å². The van der Waals surface area contributed by atoms with Crippen LogP contribution in [0.3, 0.4) is 0 Å². The fourth-order valence-corrected chi connectivity index (χ4v) is 2.72. The normalized spacial score (nSPS) is 14.9. The Morgan fingerprint density at radius 2 is 2.08 bits per heavy atom. The van der Waals surface area contributed by atoms with Crippen molar-refractivity contribution in [1.29, 1.82) is 0 Å². The predicted molar refractivity (Wildman–Crippen MR) is 82.0 cm³/mol. The van der Waals surface area contributed by atoms with Crippen LogP contribution in [0.5, 0.6) is 0 Å². The van der Waals surface area contributed by atoms with Crippen LogP contribution in [0.1, 0.15) is 24.2 Å². The van der Waals surface area contributed by atoms with Crippen LogP contribution < -0.4 is 10.7 Å². The van der Waals surface area contributed by atoms with Crippen molar-refractivity contribution in [2.45, 2.75) is 32.5 Å². The van der Waals surface area contributed by atoms with Crippen LogP contribution in [0.2, 0.25) is 5.02 Å². The van der Waals surface area contributed by atoms with E-state index < -0.39 is 11.7 Å². The molecule has 0 spiro atoms. The summed E-state index contributed by atoms with van der Waals surface area (Å²) in [6.45, 7) is 2.17. The van der Waals surface area contributed by atoms with Gasteiger partial charge in [-0.2, -0.15) is 22.9 Å². The van der Waals surface area contributed by atoms with Crippen LogP contribution in [0.15, 0.2) is 17.1 Å². The van der Waals surface area contributed by atoms with E-state index in [1.54, 1.807) is 6.92 Å². The molecule has 0 radical (unpaired) electrons. The van der Waals surface area contributed by atoms with E-state index in [1.165, 1.54) is 21.4 Å². The average molecular weight is 362 g/mol. The third kappa shape index (κ3) is 3.12. The molecule has 1 aliphatic carbocycles. The molecule has 1 saturated carbocycles. The minimum atomic E-state index is -4.53. The monoisotopic (exact) mass is 361 g/mol. The van der Waals surface area contributed by atoms with Gasteiger partial charge in [-0.1, -0.05) is 11.6 Å². The number of hydrogen-bond donors (Lipinski definition) is 0. The van der Waals surface area contributed by atoms with E-state index in [2.05, 4.69) is 10.1 Å². The van der Waals surface area contributed by atoms with E-state index in [1.807, 2.05) is 0 Å². The topological polar surface area (TPSA) is 56.0 Å². The van der Waals surface area contributed by atoms with Crippen molar-refractivity contribution >= 4 is 17.4 Å². The van der Waals surface area contributed by atoms with Crippen LogP contribution in [-0.4, -0.2) is 26.5 Å². The average Bonchev–Trinajstić information content (AvgIpc) is 3.24. The fraction of sp³-hybridized carbons (Fsp3) is 0.500. The van der Waals surface area contributed by atoms with Crippen molar-refractivity contribution in [2.24, 2.45) is 5.92 Å². The van der Waals surface area contributed by atoms with Gasteiger partial charge in [-0.05, 0) is 31.7 Å². The molecule has 6 nitrogen and oxygen atoms in total. The lowest BCUT2D eigenvalue weighted by Gasteiger charge is -2.20. The minimum Gasteiger partial charge on any atom is -0.260 e. The van der Waals surface area contributed by atoms with Crippen molar-refractivity contribution < 1.29 is 13.2 Å². The molecule has 2 heterocycles. The zero-order valence-electron chi connectivity index (χ0n) is 13.0. The molecule has 1 fully saturated rings. The Labute approximate surface area is 140 Å². The number of nitrogens with zero attached hydrogens (tertiary/aromatic N) is 5. The molecule has 0 amide bonds. The molecule has 24 heavy (non-hydrogen) atoms. The van der Waals surface area contributed by atoms with Gasteiger partial charge in [-0.25, -0.2) is 14.5 Å². The van der Waals surface area contributed by atoms with Gasteiger partial charge >= 0.3 is 11.9 Å². The summed E-state index contributed by atoms with van der Waals surface area (Å²) in [5.74, 6) is 0.908. The standard InChI is InChI=1S/C14H15ClF3N5O/c1-8-20-22(7-9-3-4-9)13(24)23(8)21(2)12-11(15)5-10(6-19-12)14(16,17)18/h5-6,9H,3-4,7H2,1-2H3. The summed E-state index contributed by atoms with van der Waals surface area (Å²) in [5, 5.41) is 5.30. The third-order valence-corrected chi connectivity index (χ3v) is 4.14. The predicted octanol–water partition coefficient (Wildman–Crippen LogP) is 2.73. The summed E-state index contributed by atoms with van der Waals surface area (Å²) in [5.41, 5.74) is -1.32. The Hall–Kier alpha value is -2.03. The molecular weight excluding hydrogens is 347 g/mol. The van der Waals surface area contributed by atoms with Gasteiger partial charge in [0, 0.05) is 19.8 Å². The molecule has 0 bridgehead atoms. The molecule has 130 valence electrons. The van der Waals surface area contributed by atoms with E-state index in [-0.39, 0.29) is 16.5 Å². The first-order valence-corrected chi connectivity index (χ1v) is 7.69. The van der Waals surface area contributed by atoms with Gasteiger partial charge in [0.1, 0.15) is 0 Å². The van der Waals surface area contributed by atoms with E-state index in [9.17, 15) is 18.0 Å². The highest BCUT2D eigenvalue weighted by molar-refractivity contribution is 6.33. The highest BCUT2D eigenvalue weighted by Crippen LogP contribution is 2.33. The zero-order chi connectivity index (χ0) is 17.6. The van der Waals surface area contributed by atoms with Crippen molar-refractivity contribution in [3.05, 3.63) is 39.2 Å². The van der Waals surface area contributed by atoms with Crippen LogP contribution in [0, 0.1) is 12.8 Å². The highest BCUT2D eigenvalue weighted by Gasteiger charge is 2.32. The Kier molecular flexibility index (Phi) is 4.06. The summed E-state index contributed by atoms with van der Waals surface area (Å²) < 4.78 is 40.7. The molecule has 0 aromatic carbocycles. The number of alkyl halides is 3. The number of halogens is 4. The summed E-state index contributed by atoms with van der Waals surface area (Å²) in [6.07, 6.45) is -1.71. The van der Waals surface area contributed by atoms with Gasteiger partial charge < -0.3 is 0 Å². The number of aromatic nitrogens is 4. The fourth-order valence-electron chi connectivity index (χ4n) is 2.44. The molecule has 0 atom stereocenters. The van der Waals surface area contributed by atoms with Crippen LogP contribution in [0.25, 0.3) is 0 Å². The lowest BCUT2D eigenvalue weighted by molar-refractivity contribution is -0.137. The Morgan fingerprint density at radius 1 is 1.42 bits per heavy atom. The summed E-state index contributed by atoms with van der Waals surface area (Å²) in [6, 6.07) is 0.787. The Morgan fingerprint density at radius 3 is 2.62 bits per heavy atom. The van der Waals surface area contributed by atoms with Crippen molar-refractivity contribution in [3.8, 4) is 0 Å².